The fourth-order valence-corrected chi connectivity index (χ4v) is 5.60. The number of likely N-dealkylation sites (N-methyl/N-ethyl adjacent to an activating group) is 1. The van der Waals surface area contributed by atoms with Crippen LogP contribution in [0.4, 0.5) is 5.69 Å². The van der Waals surface area contributed by atoms with Gasteiger partial charge in [-0.05, 0) is 107 Å². The largest absolute Gasteiger partial charge is 0.497 e. The molecule has 0 aliphatic carbocycles. The minimum absolute atomic E-state index is 0.0701. The summed E-state index contributed by atoms with van der Waals surface area (Å²) < 4.78 is 18.8. The molecule has 1 aliphatic heterocycles. The summed E-state index contributed by atoms with van der Waals surface area (Å²) in [5.74, 6) is 1.97. The van der Waals surface area contributed by atoms with Gasteiger partial charge in [0.1, 0.15) is 12.4 Å². The Labute approximate surface area is 237 Å². The first-order valence-electron chi connectivity index (χ1n) is 11.1. The zero-order valence-electron chi connectivity index (χ0n) is 20.0. The van der Waals surface area contributed by atoms with Crippen molar-refractivity contribution in [2.24, 2.45) is 4.99 Å². The summed E-state index contributed by atoms with van der Waals surface area (Å²) in [5.41, 5.74) is 2.66. The van der Waals surface area contributed by atoms with Crippen LogP contribution in [0, 0.1) is 3.57 Å². The molecule has 4 rings (SSSR count). The number of hydrogen-bond acceptors (Lipinski definition) is 6. The molecule has 36 heavy (non-hydrogen) atoms. The van der Waals surface area contributed by atoms with E-state index in [1.54, 1.807) is 19.1 Å². The highest BCUT2D eigenvalue weighted by atomic mass is 127. The Bertz CT molecular complexity index is 1310. The molecule has 1 fully saturated rings. The second kappa shape index (κ2) is 12.2. The van der Waals surface area contributed by atoms with E-state index in [2.05, 4.69) is 38.5 Å². The lowest BCUT2D eigenvalue weighted by Crippen LogP contribution is -2.28. The first-order chi connectivity index (χ1) is 17.4. The highest BCUT2D eigenvalue weighted by Gasteiger charge is 2.32. The number of carbonyl (C=O) groups is 1. The van der Waals surface area contributed by atoms with Gasteiger partial charge in [-0.15, -0.1) is 0 Å². The maximum absolute atomic E-state index is 13.1. The molecule has 1 heterocycles. The molecule has 1 saturated heterocycles. The molecule has 6 nitrogen and oxygen atoms in total. The molecule has 186 valence electrons. The van der Waals surface area contributed by atoms with Crippen LogP contribution in [-0.4, -0.2) is 36.7 Å². The summed E-state index contributed by atoms with van der Waals surface area (Å²) in [6.07, 6.45) is 1.87. The molecule has 1 amide bonds. The van der Waals surface area contributed by atoms with E-state index in [9.17, 15) is 4.79 Å². The molecular formula is C27H24BrIN2O4S. The van der Waals surface area contributed by atoms with Gasteiger partial charge < -0.3 is 14.2 Å². The molecule has 0 atom stereocenters. The standard InChI is InChI=1S/C27H24BrIN2O4S/c1-4-31-26(32)24(36-27(31)30-20-9-11-21(33-2)12-10-20)15-18-13-22(29)25(23(14-18)34-3)35-16-17-5-7-19(28)8-6-17/h5-15H,4,16H2,1-3H3/b24-15+,30-27?. The van der Waals surface area contributed by atoms with Crippen molar-refractivity contribution in [1.29, 1.82) is 0 Å². The first kappa shape index (κ1) is 26.6. The second-order valence-electron chi connectivity index (χ2n) is 7.70. The smallest absolute Gasteiger partial charge is 0.266 e. The zero-order chi connectivity index (χ0) is 25.7. The Morgan fingerprint density at radius 2 is 1.78 bits per heavy atom. The second-order valence-corrected chi connectivity index (χ2v) is 10.8. The molecule has 0 spiro atoms. The van der Waals surface area contributed by atoms with Gasteiger partial charge in [0.05, 0.1) is 28.4 Å². The van der Waals surface area contributed by atoms with Gasteiger partial charge in [0, 0.05) is 11.0 Å². The highest BCUT2D eigenvalue weighted by Crippen LogP contribution is 2.38. The number of nitrogens with zero attached hydrogens (tertiary/aromatic N) is 2. The highest BCUT2D eigenvalue weighted by molar-refractivity contribution is 14.1. The van der Waals surface area contributed by atoms with Crippen LogP contribution in [-0.2, 0) is 11.4 Å². The average molecular weight is 679 g/mol. The van der Waals surface area contributed by atoms with Gasteiger partial charge in [-0.2, -0.15) is 0 Å². The topological polar surface area (TPSA) is 60.4 Å². The average Bonchev–Trinajstić information content (AvgIpc) is 3.17. The first-order valence-corrected chi connectivity index (χ1v) is 13.8. The predicted octanol–water partition coefficient (Wildman–Crippen LogP) is 7.27. The number of benzene rings is 3. The normalized spacial score (nSPS) is 15.6. The summed E-state index contributed by atoms with van der Waals surface area (Å²) in [7, 11) is 3.24. The van der Waals surface area contributed by atoms with Gasteiger partial charge in [0.15, 0.2) is 16.7 Å². The van der Waals surface area contributed by atoms with Crippen molar-refractivity contribution in [1.82, 2.24) is 4.90 Å². The Kier molecular flexibility index (Phi) is 8.97. The van der Waals surface area contributed by atoms with Crippen LogP contribution in [0.3, 0.4) is 0 Å². The van der Waals surface area contributed by atoms with E-state index in [-0.39, 0.29) is 5.91 Å². The Hall–Kier alpha value is -2.50. The lowest BCUT2D eigenvalue weighted by atomic mass is 10.1. The predicted molar refractivity (Wildman–Crippen MR) is 157 cm³/mol. The Balaban J connectivity index is 1.57. The molecule has 0 unspecified atom stereocenters. The van der Waals surface area contributed by atoms with E-state index in [1.165, 1.54) is 11.8 Å². The fourth-order valence-electron chi connectivity index (χ4n) is 3.49. The van der Waals surface area contributed by atoms with Crippen molar-refractivity contribution in [2.45, 2.75) is 13.5 Å². The lowest BCUT2D eigenvalue weighted by Gasteiger charge is -2.14. The molecule has 3 aromatic rings. The van der Waals surface area contributed by atoms with Crippen molar-refractivity contribution in [3.8, 4) is 17.2 Å². The molecule has 1 aliphatic rings. The fraction of sp³-hybridized carbons (Fsp3) is 0.185. The van der Waals surface area contributed by atoms with Gasteiger partial charge in [0.25, 0.3) is 5.91 Å². The van der Waals surface area contributed by atoms with E-state index < -0.39 is 0 Å². The molecule has 0 saturated carbocycles. The maximum Gasteiger partial charge on any atom is 0.266 e. The molecule has 0 bridgehead atoms. The monoisotopic (exact) mass is 678 g/mol. The number of ether oxygens (including phenoxy) is 3. The molecule has 3 aromatic carbocycles. The van der Waals surface area contributed by atoms with Crippen LogP contribution in [0.15, 0.2) is 75.0 Å². The lowest BCUT2D eigenvalue weighted by molar-refractivity contribution is -0.122. The summed E-state index contributed by atoms with van der Waals surface area (Å²) in [4.78, 5) is 20.1. The summed E-state index contributed by atoms with van der Waals surface area (Å²) in [6, 6.07) is 19.3. The SMILES string of the molecule is CCN1C(=O)/C(=C\c2cc(I)c(OCc3ccc(Br)cc3)c(OC)c2)SC1=Nc1ccc(OC)cc1. The summed E-state index contributed by atoms with van der Waals surface area (Å²) in [5, 5.41) is 0.648. The third-order valence-electron chi connectivity index (χ3n) is 5.35. The number of thioether (sulfide) groups is 1. The van der Waals surface area contributed by atoms with Crippen molar-refractivity contribution in [3.05, 3.63) is 84.7 Å². The van der Waals surface area contributed by atoms with Crippen LogP contribution < -0.4 is 14.2 Å². The quantitative estimate of drug-likeness (QED) is 0.185. The van der Waals surface area contributed by atoms with Crippen LogP contribution >= 0.6 is 50.3 Å². The number of carbonyl (C=O) groups excluding carboxylic acids is 1. The minimum Gasteiger partial charge on any atom is -0.497 e. The number of amidine groups is 1. The molecule has 0 N–H and O–H groups in total. The van der Waals surface area contributed by atoms with Crippen molar-refractivity contribution in [3.63, 3.8) is 0 Å². The zero-order valence-corrected chi connectivity index (χ0v) is 24.5. The van der Waals surface area contributed by atoms with Gasteiger partial charge in [-0.3, -0.25) is 9.69 Å². The van der Waals surface area contributed by atoms with E-state index in [1.807, 2.05) is 73.7 Å². The van der Waals surface area contributed by atoms with E-state index >= 15 is 0 Å². The third-order valence-corrected chi connectivity index (χ3v) is 7.68. The molecule has 0 radical (unpaired) electrons. The summed E-state index contributed by atoms with van der Waals surface area (Å²) in [6.45, 7) is 2.89. The molecular weight excluding hydrogens is 655 g/mol. The van der Waals surface area contributed by atoms with Crippen LogP contribution in [0.1, 0.15) is 18.1 Å². The van der Waals surface area contributed by atoms with Crippen molar-refractivity contribution in [2.75, 3.05) is 20.8 Å². The van der Waals surface area contributed by atoms with E-state index in [4.69, 9.17) is 19.2 Å². The number of methoxy groups -OCH3 is 2. The Morgan fingerprint density at radius 1 is 1.06 bits per heavy atom. The van der Waals surface area contributed by atoms with Crippen LogP contribution in [0.2, 0.25) is 0 Å². The molecule has 0 aromatic heterocycles. The van der Waals surface area contributed by atoms with Gasteiger partial charge in [-0.25, -0.2) is 4.99 Å². The van der Waals surface area contributed by atoms with Crippen molar-refractivity contribution >= 4 is 73.1 Å². The van der Waals surface area contributed by atoms with Crippen LogP contribution in [0.25, 0.3) is 6.08 Å². The number of aliphatic imine (C=N–C) groups is 1. The number of hydrogen-bond donors (Lipinski definition) is 0. The molecule has 9 heteroatoms. The van der Waals surface area contributed by atoms with Crippen molar-refractivity contribution < 1.29 is 19.0 Å². The summed E-state index contributed by atoms with van der Waals surface area (Å²) >= 11 is 7.04. The van der Waals surface area contributed by atoms with E-state index in [0.717, 1.165) is 30.6 Å². The number of halogens is 2. The Morgan fingerprint density at radius 3 is 2.42 bits per heavy atom. The van der Waals surface area contributed by atoms with E-state index in [0.29, 0.717) is 34.7 Å². The third kappa shape index (κ3) is 6.24. The maximum atomic E-state index is 13.1. The number of rotatable bonds is 8. The van der Waals surface area contributed by atoms with Gasteiger partial charge in [0.2, 0.25) is 0 Å². The van der Waals surface area contributed by atoms with Gasteiger partial charge >= 0.3 is 0 Å². The van der Waals surface area contributed by atoms with Crippen LogP contribution in [0.5, 0.6) is 17.2 Å². The number of amides is 1. The minimum atomic E-state index is -0.0701. The van der Waals surface area contributed by atoms with Gasteiger partial charge in [-0.1, -0.05) is 28.1 Å².